The summed E-state index contributed by atoms with van der Waals surface area (Å²) >= 11 is 0. The minimum Gasteiger partial charge on any atom is -0.334 e. The second-order valence-electron chi connectivity index (χ2n) is 9.56. The number of nitriles is 1. The van der Waals surface area contributed by atoms with Gasteiger partial charge in [-0.1, -0.05) is 38.1 Å². The highest BCUT2D eigenvalue weighted by Gasteiger charge is 2.62. The Morgan fingerprint density at radius 3 is 2.48 bits per heavy atom. The Hall–Kier alpha value is -2.71. The summed E-state index contributed by atoms with van der Waals surface area (Å²) in [4.78, 5) is 18.5. The predicted octanol–water partition coefficient (Wildman–Crippen LogP) is 4.52. The van der Waals surface area contributed by atoms with Gasteiger partial charge in [-0.2, -0.15) is 5.26 Å². The molecule has 5 atom stereocenters. The van der Waals surface area contributed by atoms with Crippen LogP contribution in [0.15, 0.2) is 48.5 Å². The molecule has 0 aromatic heterocycles. The maximum atomic E-state index is 13.9. The molecule has 3 fully saturated rings. The van der Waals surface area contributed by atoms with Crippen LogP contribution in [0.5, 0.6) is 0 Å². The molecule has 0 bridgehead atoms. The van der Waals surface area contributed by atoms with Gasteiger partial charge in [0.05, 0.1) is 17.6 Å². The summed E-state index contributed by atoms with van der Waals surface area (Å²) < 4.78 is 13.4. The molecule has 2 aromatic rings. The van der Waals surface area contributed by atoms with Crippen molar-refractivity contribution in [1.29, 1.82) is 5.26 Å². The Bertz CT molecular complexity index is 1010. The van der Waals surface area contributed by atoms with Gasteiger partial charge in [-0.25, -0.2) is 4.39 Å². The predicted molar refractivity (Wildman–Crippen MR) is 116 cm³/mol. The van der Waals surface area contributed by atoms with E-state index in [0.717, 1.165) is 30.5 Å². The van der Waals surface area contributed by atoms with Crippen molar-refractivity contribution in [3.8, 4) is 6.07 Å². The van der Waals surface area contributed by atoms with Crippen molar-refractivity contribution in [2.24, 2.45) is 17.8 Å². The molecule has 3 saturated heterocycles. The number of likely N-dealkylation sites (tertiary alicyclic amines) is 1. The minimum absolute atomic E-state index is 0.0638. The summed E-state index contributed by atoms with van der Waals surface area (Å²) in [5, 5.41) is 9.18. The van der Waals surface area contributed by atoms with E-state index in [1.807, 2.05) is 24.3 Å². The maximum absolute atomic E-state index is 13.9. The van der Waals surface area contributed by atoms with Gasteiger partial charge >= 0.3 is 0 Å². The highest BCUT2D eigenvalue weighted by atomic mass is 19.1. The third kappa shape index (κ3) is 3.25. The van der Waals surface area contributed by atoms with Crippen LogP contribution in [0, 0.1) is 34.9 Å². The molecule has 1 unspecified atom stereocenters. The highest BCUT2D eigenvalue weighted by molar-refractivity contribution is 5.84. The molecule has 3 aliphatic heterocycles. The molecule has 0 saturated carbocycles. The summed E-state index contributed by atoms with van der Waals surface area (Å²) in [7, 11) is 0. The summed E-state index contributed by atoms with van der Waals surface area (Å²) in [6.07, 6.45) is 2.30. The molecule has 5 rings (SSSR count). The number of carbonyl (C=O) groups is 1. The van der Waals surface area contributed by atoms with Gasteiger partial charge in [0.25, 0.3) is 0 Å². The van der Waals surface area contributed by atoms with E-state index >= 15 is 0 Å². The van der Waals surface area contributed by atoms with Crippen LogP contribution in [-0.2, 0) is 11.3 Å². The Labute approximate surface area is 183 Å². The molecule has 1 amide bonds. The van der Waals surface area contributed by atoms with Gasteiger partial charge in [-0.05, 0) is 60.7 Å². The van der Waals surface area contributed by atoms with Crippen LogP contribution in [0.1, 0.15) is 49.4 Å². The third-order valence-electron chi connectivity index (χ3n) is 7.55. The monoisotopic (exact) mass is 417 g/mol. The van der Waals surface area contributed by atoms with Crippen molar-refractivity contribution < 1.29 is 9.18 Å². The van der Waals surface area contributed by atoms with Crippen molar-refractivity contribution in [3.05, 3.63) is 71.0 Å². The molecule has 0 aliphatic carbocycles. The number of halogens is 1. The number of hydrogen-bond donors (Lipinski definition) is 0. The van der Waals surface area contributed by atoms with Crippen LogP contribution in [0.2, 0.25) is 0 Å². The van der Waals surface area contributed by atoms with Crippen LogP contribution < -0.4 is 0 Å². The van der Waals surface area contributed by atoms with Crippen molar-refractivity contribution in [2.45, 2.75) is 51.4 Å². The molecule has 0 radical (unpaired) electrons. The zero-order valence-corrected chi connectivity index (χ0v) is 18.0. The molecule has 0 spiro atoms. The number of fused-ring (bicyclic) bond motifs is 3. The maximum Gasteiger partial charge on any atom is 0.228 e. The molecular weight excluding hydrogens is 389 g/mol. The molecule has 4 nitrogen and oxygen atoms in total. The summed E-state index contributed by atoms with van der Waals surface area (Å²) in [5.74, 6) is 0.553. The standard InChI is InChI=1S/C26H28FN3O/c1-16(2)24-22-21-4-3-13-29(21)25(19-9-5-17(14-28)6-10-19)23(22)26(31)30(24)15-18-7-11-20(27)12-8-18/h5-12,16,21-25H,3-4,13,15H2,1-2H3/t21?,22-,23-,24+,25-/m1/s1. The fourth-order valence-electron chi connectivity index (χ4n) is 6.44. The lowest BCUT2D eigenvalue weighted by Gasteiger charge is -2.35. The number of hydrogen-bond acceptors (Lipinski definition) is 3. The van der Waals surface area contributed by atoms with E-state index in [4.69, 9.17) is 0 Å². The molecule has 160 valence electrons. The van der Waals surface area contributed by atoms with Gasteiger partial charge < -0.3 is 4.90 Å². The van der Waals surface area contributed by atoms with E-state index in [-0.39, 0.29) is 29.7 Å². The largest absolute Gasteiger partial charge is 0.334 e. The first-order chi connectivity index (χ1) is 15.0. The van der Waals surface area contributed by atoms with Gasteiger partial charge in [0.1, 0.15) is 5.82 Å². The van der Waals surface area contributed by atoms with Gasteiger partial charge in [-0.3, -0.25) is 9.69 Å². The second kappa shape index (κ2) is 7.76. The molecule has 31 heavy (non-hydrogen) atoms. The van der Waals surface area contributed by atoms with E-state index in [0.29, 0.717) is 30.0 Å². The first-order valence-corrected chi connectivity index (χ1v) is 11.3. The molecule has 3 aliphatic rings. The van der Waals surface area contributed by atoms with Crippen molar-refractivity contribution >= 4 is 5.91 Å². The van der Waals surface area contributed by atoms with Crippen molar-refractivity contribution in [2.75, 3.05) is 6.54 Å². The molecular formula is C26H28FN3O. The van der Waals surface area contributed by atoms with Crippen molar-refractivity contribution in [1.82, 2.24) is 9.80 Å². The number of carbonyl (C=O) groups excluding carboxylic acids is 1. The normalized spacial score (nSPS) is 30.0. The fraction of sp³-hybridized carbons (Fsp3) is 0.462. The Morgan fingerprint density at radius 2 is 1.84 bits per heavy atom. The number of nitrogens with zero attached hydrogens (tertiary/aromatic N) is 3. The van der Waals surface area contributed by atoms with Crippen molar-refractivity contribution in [3.63, 3.8) is 0 Å². The van der Waals surface area contributed by atoms with Crippen LogP contribution in [-0.4, -0.2) is 34.3 Å². The Balaban J connectivity index is 1.53. The zero-order chi connectivity index (χ0) is 21.7. The zero-order valence-electron chi connectivity index (χ0n) is 18.0. The van der Waals surface area contributed by atoms with Crippen LogP contribution in [0.25, 0.3) is 0 Å². The molecule has 3 heterocycles. The summed E-state index contributed by atoms with van der Waals surface area (Å²) in [6, 6.07) is 17.2. The van der Waals surface area contributed by atoms with E-state index < -0.39 is 0 Å². The van der Waals surface area contributed by atoms with Crippen LogP contribution in [0.4, 0.5) is 4.39 Å². The van der Waals surface area contributed by atoms with Crippen LogP contribution in [0.3, 0.4) is 0 Å². The summed E-state index contributed by atoms with van der Waals surface area (Å²) in [6.45, 7) is 5.98. The first-order valence-electron chi connectivity index (χ1n) is 11.3. The van der Waals surface area contributed by atoms with Gasteiger partial charge in [0.2, 0.25) is 5.91 Å². The Morgan fingerprint density at radius 1 is 1.13 bits per heavy atom. The van der Waals surface area contributed by atoms with E-state index in [9.17, 15) is 14.4 Å². The average molecular weight is 418 g/mol. The third-order valence-corrected chi connectivity index (χ3v) is 7.55. The molecule has 2 aromatic carbocycles. The average Bonchev–Trinajstić information content (AvgIpc) is 3.42. The van der Waals surface area contributed by atoms with Gasteiger partial charge in [-0.15, -0.1) is 0 Å². The number of rotatable bonds is 4. The Kier molecular flexibility index (Phi) is 5.06. The van der Waals surface area contributed by atoms with E-state index in [1.54, 1.807) is 12.1 Å². The lowest BCUT2D eigenvalue weighted by molar-refractivity contribution is -0.134. The lowest BCUT2D eigenvalue weighted by Crippen LogP contribution is -2.44. The van der Waals surface area contributed by atoms with E-state index in [1.165, 1.54) is 12.1 Å². The van der Waals surface area contributed by atoms with Crippen LogP contribution >= 0.6 is 0 Å². The topological polar surface area (TPSA) is 47.3 Å². The molecule has 5 heteroatoms. The number of amides is 1. The summed E-state index contributed by atoms with van der Waals surface area (Å²) in [5.41, 5.74) is 2.75. The number of benzene rings is 2. The fourth-order valence-corrected chi connectivity index (χ4v) is 6.44. The first kappa shape index (κ1) is 20.2. The van der Waals surface area contributed by atoms with Gasteiger partial charge in [0.15, 0.2) is 0 Å². The molecule has 0 N–H and O–H groups in total. The lowest BCUT2D eigenvalue weighted by atomic mass is 9.79. The smallest absolute Gasteiger partial charge is 0.228 e. The van der Waals surface area contributed by atoms with E-state index in [2.05, 4.69) is 29.7 Å². The minimum atomic E-state index is -0.253. The quantitative estimate of drug-likeness (QED) is 0.735. The highest BCUT2D eigenvalue weighted by Crippen LogP contribution is 2.56. The van der Waals surface area contributed by atoms with Gasteiger partial charge in [0, 0.05) is 30.6 Å². The SMILES string of the molecule is CC(C)[C@H]1[C@@H]2C3CCCN3[C@H](c3ccc(C#N)cc3)[C@@H]2C(=O)N1Cc1ccc(F)cc1. The second-order valence-corrected chi connectivity index (χ2v) is 9.56.